The summed E-state index contributed by atoms with van der Waals surface area (Å²) in [6, 6.07) is 74.9. The van der Waals surface area contributed by atoms with Crippen molar-refractivity contribution in [2.45, 2.75) is 77.0 Å². The maximum absolute atomic E-state index is 13.0. The normalized spacial score (nSPS) is 15.6. The van der Waals surface area contributed by atoms with Gasteiger partial charge in [-0.15, -0.1) is 0 Å². The second-order valence-corrected chi connectivity index (χ2v) is 24.9. The first-order chi connectivity index (χ1) is 38.9. The number of carbonyl (C=O) groups excluding carboxylic acids is 1. The monoisotopic (exact) mass is 1050 g/mol. The van der Waals surface area contributed by atoms with Gasteiger partial charge < -0.3 is 14.6 Å². The fourth-order valence-electron chi connectivity index (χ4n) is 14.0. The highest BCUT2D eigenvalue weighted by Crippen LogP contribution is 2.55. The summed E-state index contributed by atoms with van der Waals surface area (Å²) >= 11 is 0. The lowest BCUT2D eigenvalue weighted by Gasteiger charge is -2.23. The zero-order valence-electron chi connectivity index (χ0n) is 47.3. The van der Waals surface area contributed by atoms with E-state index in [1.54, 1.807) is 0 Å². The van der Waals surface area contributed by atoms with Crippen LogP contribution in [-0.2, 0) is 26.5 Å². The summed E-state index contributed by atoms with van der Waals surface area (Å²) < 4.78 is 11.8. The maximum atomic E-state index is 13.0. The summed E-state index contributed by atoms with van der Waals surface area (Å²) in [5.41, 5.74) is 30.2. The molecule has 0 radical (unpaired) electrons. The Labute approximate surface area is 476 Å². The van der Waals surface area contributed by atoms with Crippen molar-refractivity contribution in [2.75, 3.05) is 13.2 Å². The molecule has 10 aromatic rings. The fraction of sp³-hybridized carbons (Fsp3) is 0.182. The van der Waals surface area contributed by atoms with Crippen molar-refractivity contribution < 1.29 is 19.4 Å². The van der Waals surface area contributed by atoms with Gasteiger partial charge in [0.25, 0.3) is 0 Å². The van der Waals surface area contributed by atoms with Crippen LogP contribution in [0, 0.1) is 0 Å². The van der Waals surface area contributed by atoms with E-state index in [0.29, 0.717) is 11.5 Å². The second kappa shape index (κ2) is 18.3. The molecule has 4 aliphatic rings. The molecule has 396 valence electrons. The summed E-state index contributed by atoms with van der Waals surface area (Å²) in [6.07, 6.45) is 1.18. The van der Waals surface area contributed by atoms with Crippen LogP contribution in [0.1, 0.15) is 99.9 Å². The first-order valence-corrected chi connectivity index (χ1v) is 28.4. The molecule has 10 aromatic carbocycles. The Bertz CT molecular complexity index is 4300. The predicted molar refractivity (Wildman–Crippen MR) is 332 cm³/mol. The molecule has 0 bridgehead atoms. The molecule has 0 amide bonds. The number of benzene rings is 10. The van der Waals surface area contributed by atoms with E-state index in [1.807, 2.05) is 48.5 Å². The molecule has 0 fully saturated rings. The molecule has 4 aliphatic carbocycles. The minimum absolute atomic E-state index is 0.0501. The molecule has 0 saturated heterocycles. The average molecular weight is 1050 g/mol. The maximum Gasteiger partial charge on any atom is 0.196 e. The topological polar surface area (TPSA) is 55.8 Å². The van der Waals surface area contributed by atoms with E-state index in [4.69, 9.17) is 9.47 Å². The zero-order chi connectivity index (χ0) is 55.7. The Hall–Kier alpha value is -8.99. The van der Waals surface area contributed by atoms with Crippen molar-refractivity contribution in [3.05, 3.63) is 263 Å². The smallest absolute Gasteiger partial charge is 0.196 e. The highest BCUT2D eigenvalue weighted by Gasteiger charge is 2.40. The summed E-state index contributed by atoms with van der Waals surface area (Å²) in [7, 11) is 0. The van der Waals surface area contributed by atoms with Crippen molar-refractivity contribution >= 4 is 5.78 Å². The van der Waals surface area contributed by atoms with Crippen molar-refractivity contribution in [2.24, 2.45) is 0 Å². The number of hydrogen-bond acceptors (Lipinski definition) is 4. The molecule has 81 heavy (non-hydrogen) atoms. The third-order valence-corrected chi connectivity index (χ3v) is 18.7. The van der Waals surface area contributed by atoms with E-state index in [2.05, 4.69) is 213 Å². The van der Waals surface area contributed by atoms with Gasteiger partial charge in [-0.3, -0.25) is 4.79 Å². The number of rotatable bonds is 11. The van der Waals surface area contributed by atoms with Gasteiger partial charge in [-0.05, 0) is 194 Å². The van der Waals surface area contributed by atoms with E-state index < -0.39 is 0 Å². The first kappa shape index (κ1) is 50.2. The molecular weight excluding hydrogens is 989 g/mol. The van der Waals surface area contributed by atoms with Gasteiger partial charge in [-0.25, -0.2) is 0 Å². The van der Waals surface area contributed by atoms with Crippen molar-refractivity contribution in [3.63, 3.8) is 0 Å². The SMILES string of the molecule is CC1(C)c2ccccc2-c2ccc(-c3ccc4c(c3)C(C)(C)c3cc(-c5ccc(OCC(=O)C=C(O)COc6ccc(-c7ccc8c(c7)C(C)(C)c7cc(-c9ccc%10c(c9)C(C)(C)c9ccccc9-%10)ccc7-8)cc6)cc5)ccc3-4)cc21. The lowest BCUT2D eigenvalue weighted by atomic mass is 9.80. The van der Waals surface area contributed by atoms with Gasteiger partial charge in [-0.2, -0.15) is 0 Å². The van der Waals surface area contributed by atoms with Gasteiger partial charge >= 0.3 is 0 Å². The molecule has 0 spiro atoms. The summed E-state index contributed by atoms with van der Waals surface area (Å²) in [5, 5.41) is 10.7. The highest BCUT2D eigenvalue weighted by atomic mass is 16.5. The van der Waals surface area contributed by atoms with E-state index in [-0.39, 0.29) is 46.4 Å². The predicted octanol–water partition coefficient (Wildman–Crippen LogP) is 19.0. The quantitative estimate of drug-likeness (QED) is 0.104. The summed E-state index contributed by atoms with van der Waals surface area (Å²) in [6.45, 7) is 18.3. The van der Waals surface area contributed by atoms with Crippen LogP contribution in [-0.4, -0.2) is 24.1 Å². The van der Waals surface area contributed by atoms with Gasteiger partial charge in [0, 0.05) is 27.7 Å². The van der Waals surface area contributed by atoms with Crippen molar-refractivity contribution in [3.8, 4) is 101 Å². The lowest BCUT2D eigenvalue weighted by molar-refractivity contribution is -0.116. The number of carbonyl (C=O) groups is 1. The Kier molecular flexibility index (Phi) is 11.3. The molecule has 0 saturated carbocycles. The third kappa shape index (κ3) is 8.05. The standard InChI is InChI=1S/C77H64O4/c1-74(2)66-15-11-9-13-58(66)60-33-23-50(39-68(60)74)52-25-35-64-62-31-21-48(37-70(62)76(5,6)72(64)41-52)46-17-27-56(28-18-46)80-44-54(78)43-55(79)45-81-57-29-19-47(20-30-57)49-22-32-63-65-36-26-53(42-73(65)77(7,8)71(63)38-49)51-24-34-61-59-14-10-12-16-67(59)75(3,4)69(61)40-51/h9-43,78H,44-45H2,1-8H3. The molecular formula is C77H64O4. The van der Waals surface area contributed by atoms with E-state index in [1.165, 1.54) is 117 Å². The average Bonchev–Trinajstić information content (AvgIpc) is 4.22. The zero-order valence-corrected chi connectivity index (χ0v) is 47.3. The highest BCUT2D eigenvalue weighted by molar-refractivity contribution is 5.92. The molecule has 14 rings (SSSR count). The third-order valence-electron chi connectivity index (χ3n) is 18.7. The number of aliphatic hydroxyl groups excluding tert-OH is 1. The molecule has 0 aromatic heterocycles. The van der Waals surface area contributed by atoms with Crippen molar-refractivity contribution in [1.29, 1.82) is 0 Å². The Morgan fingerprint density at radius 2 is 0.568 bits per heavy atom. The summed E-state index contributed by atoms with van der Waals surface area (Å²) in [5.74, 6) is 0.633. The fourth-order valence-corrected chi connectivity index (χ4v) is 14.0. The number of ether oxygens (including phenoxy) is 2. The minimum atomic E-state index is -0.360. The minimum Gasteiger partial charge on any atom is -0.509 e. The largest absolute Gasteiger partial charge is 0.509 e. The lowest BCUT2D eigenvalue weighted by Crippen LogP contribution is -2.15. The van der Waals surface area contributed by atoms with Crippen LogP contribution >= 0.6 is 0 Å². The van der Waals surface area contributed by atoms with E-state index in [9.17, 15) is 9.90 Å². The van der Waals surface area contributed by atoms with Gasteiger partial charge in [0.05, 0.1) is 0 Å². The molecule has 0 heterocycles. The van der Waals surface area contributed by atoms with Gasteiger partial charge in [0.1, 0.15) is 23.9 Å². The summed E-state index contributed by atoms with van der Waals surface area (Å²) in [4.78, 5) is 13.0. The molecule has 0 unspecified atom stereocenters. The van der Waals surface area contributed by atoms with Crippen LogP contribution in [0.2, 0.25) is 0 Å². The van der Waals surface area contributed by atoms with Crippen molar-refractivity contribution in [1.82, 2.24) is 0 Å². The molecule has 4 heteroatoms. The Balaban J connectivity index is 0.590. The molecule has 0 atom stereocenters. The number of ketones is 1. The molecule has 1 N–H and O–H groups in total. The van der Waals surface area contributed by atoms with E-state index in [0.717, 1.165) is 22.3 Å². The second-order valence-electron chi connectivity index (χ2n) is 24.9. The van der Waals surface area contributed by atoms with Crippen LogP contribution < -0.4 is 9.47 Å². The Morgan fingerprint density at radius 1 is 0.321 bits per heavy atom. The van der Waals surface area contributed by atoms with E-state index >= 15 is 0 Å². The number of aliphatic hydroxyl groups is 1. The van der Waals surface area contributed by atoms with Crippen LogP contribution in [0.3, 0.4) is 0 Å². The van der Waals surface area contributed by atoms with Gasteiger partial charge in [0.15, 0.2) is 12.4 Å². The molecule has 4 nitrogen and oxygen atoms in total. The molecule has 0 aliphatic heterocycles. The Morgan fingerprint density at radius 3 is 0.889 bits per heavy atom. The van der Waals surface area contributed by atoms with Crippen LogP contribution in [0.5, 0.6) is 11.5 Å². The van der Waals surface area contributed by atoms with Gasteiger partial charge in [0.2, 0.25) is 0 Å². The number of hydrogen-bond donors (Lipinski definition) is 1. The van der Waals surface area contributed by atoms with Crippen LogP contribution in [0.15, 0.2) is 218 Å². The van der Waals surface area contributed by atoms with Gasteiger partial charge in [-0.1, -0.05) is 201 Å². The van der Waals surface area contributed by atoms with Crippen LogP contribution in [0.25, 0.3) is 89.0 Å². The first-order valence-electron chi connectivity index (χ1n) is 28.4. The van der Waals surface area contributed by atoms with Crippen LogP contribution in [0.4, 0.5) is 0 Å². The number of fused-ring (bicyclic) bond motifs is 12.